The standard InChI is InChI=1S/C20H19N3O3/c1-3-26-18(24)11-13(2)15-9-10-17-19(15)16(12-21)20(25)23(22-17)14-7-5-4-6-8-14/h4-8H,3,9-11H2,1-2H3/b15-13-. The van der Waals surface area contributed by atoms with Crippen LogP contribution in [0.15, 0.2) is 40.7 Å². The number of nitriles is 1. The number of para-hydroxylation sites is 1. The molecule has 26 heavy (non-hydrogen) atoms. The number of aromatic nitrogens is 2. The number of ether oxygens (including phenoxy) is 1. The number of nitrogens with zero attached hydrogens (tertiary/aromatic N) is 3. The zero-order valence-electron chi connectivity index (χ0n) is 14.8. The third-order valence-corrected chi connectivity index (χ3v) is 4.42. The predicted octanol–water partition coefficient (Wildman–Crippen LogP) is 2.78. The van der Waals surface area contributed by atoms with E-state index in [4.69, 9.17) is 4.74 Å². The summed E-state index contributed by atoms with van der Waals surface area (Å²) in [6.45, 7) is 3.92. The number of hydrogen-bond acceptors (Lipinski definition) is 5. The molecule has 0 bridgehead atoms. The highest BCUT2D eigenvalue weighted by molar-refractivity contribution is 5.82. The summed E-state index contributed by atoms with van der Waals surface area (Å²) in [4.78, 5) is 24.6. The van der Waals surface area contributed by atoms with E-state index >= 15 is 0 Å². The molecule has 2 aromatic rings. The summed E-state index contributed by atoms with van der Waals surface area (Å²) < 4.78 is 6.28. The molecule has 0 radical (unpaired) electrons. The summed E-state index contributed by atoms with van der Waals surface area (Å²) in [5, 5.41) is 14.1. The Morgan fingerprint density at radius 1 is 1.31 bits per heavy atom. The minimum Gasteiger partial charge on any atom is -0.466 e. The molecule has 0 saturated heterocycles. The number of allylic oxidation sites excluding steroid dienone is 1. The predicted molar refractivity (Wildman–Crippen MR) is 96.7 cm³/mol. The molecule has 3 rings (SSSR count). The van der Waals surface area contributed by atoms with Gasteiger partial charge in [0.2, 0.25) is 0 Å². The van der Waals surface area contributed by atoms with Crippen molar-refractivity contribution in [2.75, 3.05) is 6.61 Å². The quantitative estimate of drug-likeness (QED) is 0.792. The normalized spacial score (nSPS) is 14.5. The van der Waals surface area contributed by atoms with E-state index in [0.717, 1.165) is 11.1 Å². The second kappa shape index (κ2) is 7.36. The largest absolute Gasteiger partial charge is 0.466 e. The van der Waals surface area contributed by atoms with Gasteiger partial charge in [-0.15, -0.1) is 0 Å². The molecule has 0 fully saturated rings. The van der Waals surface area contributed by atoms with Crippen LogP contribution in [0.25, 0.3) is 11.3 Å². The van der Waals surface area contributed by atoms with Crippen LogP contribution in [0.4, 0.5) is 0 Å². The first kappa shape index (κ1) is 17.6. The Morgan fingerprint density at radius 2 is 2.04 bits per heavy atom. The third kappa shape index (κ3) is 3.16. The van der Waals surface area contributed by atoms with Gasteiger partial charge in [0.25, 0.3) is 5.56 Å². The lowest BCUT2D eigenvalue weighted by Crippen LogP contribution is -2.26. The highest BCUT2D eigenvalue weighted by atomic mass is 16.5. The lowest BCUT2D eigenvalue weighted by atomic mass is 9.98. The number of carbonyl (C=O) groups is 1. The Bertz CT molecular complexity index is 982. The number of aryl methyl sites for hydroxylation is 1. The van der Waals surface area contributed by atoms with Crippen LogP contribution in [0, 0.1) is 11.3 Å². The fraction of sp³-hybridized carbons (Fsp3) is 0.300. The van der Waals surface area contributed by atoms with Crippen LogP contribution < -0.4 is 5.56 Å². The minimum atomic E-state index is -0.444. The molecule has 6 nitrogen and oxygen atoms in total. The molecule has 0 N–H and O–H groups in total. The molecule has 0 aliphatic heterocycles. The van der Waals surface area contributed by atoms with Crippen molar-refractivity contribution in [2.24, 2.45) is 0 Å². The number of benzene rings is 1. The van der Waals surface area contributed by atoms with Gasteiger partial charge in [-0.05, 0) is 44.4 Å². The van der Waals surface area contributed by atoms with Gasteiger partial charge >= 0.3 is 5.97 Å². The van der Waals surface area contributed by atoms with Crippen LogP contribution in [-0.4, -0.2) is 22.4 Å². The van der Waals surface area contributed by atoms with Crippen molar-refractivity contribution in [3.8, 4) is 11.8 Å². The first-order chi connectivity index (χ1) is 12.6. The lowest BCUT2D eigenvalue weighted by Gasteiger charge is -2.11. The maximum Gasteiger partial charge on any atom is 0.309 e. The summed E-state index contributed by atoms with van der Waals surface area (Å²) >= 11 is 0. The van der Waals surface area contributed by atoms with Crippen LogP contribution in [0.5, 0.6) is 0 Å². The van der Waals surface area contributed by atoms with Crippen molar-refractivity contribution >= 4 is 11.5 Å². The second-order valence-electron chi connectivity index (χ2n) is 6.10. The van der Waals surface area contributed by atoms with E-state index in [2.05, 4.69) is 5.10 Å². The molecule has 0 atom stereocenters. The molecule has 0 unspecified atom stereocenters. The molecule has 0 spiro atoms. The molecular formula is C20H19N3O3. The van der Waals surface area contributed by atoms with E-state index in [1.807, 2.05) is 31.2 Å². The van der Waals surface area contributed by atoms with E-state index in [-0.39, 0.29) is 18.0 Å². The Hall–Kier alpha value is -3.20. The SMILES string of the molecule is CCOC(=O)C/C(C)=C1/CCc2nn(-c3ccccc3)c(=O)c(C#N)c21. The molecule has 1 aromatic carbocycles. The molecule has 0 saturated carbocycles. The van der Waals surface area contributed by atoms with Gasteiger partial charge < -0.3 is 4.74 Å². The number of hydrogen-bond donors (Lipinski definition) is 0. The van der Waals surface area contributed by atoms with Crippen molar-refractivity contribution in [3.05, 3.63) is 63.1 Å². The van der Waals surface area contributed by atoms with Crippen LogP contribution in [0.3, 0.4) is 0 Å². The van der Waals surface area contributed by atoms with Crippen LogP contribution in [-0.2, 0) is 16.0 Å². The average molecular weight is 349 g/mol. The highest BCUT2D eigenvalue weighted by Gasteiger charge is 2.27. The number of esters is 1. The Kier molecular flexibility index (Phi) is 4.99. The molecule has 6 heteroatoms. The molecular weight excluding hydrogens is 330 g/mol. The Labute approximate surface area is 151 Å². The average Bonchev–Trinajstić information content (AvgIpc) is 3.06. The topological polar surface area (TPSA) is 85.0 Å². The Morgan fingerprint density at radius 3 is 2.69 bits per heavy atom. The van der Waals surface area contributed by atoms with Gasteiger partial charge in [-0.3, -0.25) is 9.59 Å². The monoisotopic (exact) mass is 349 g/mol. The fourth-order valence-electron chi connectivity index (χ4n) is 3.25. The van der Waals surface area contributed by atoms with Crippen LogP contribution in [0.1, 0.15) is 43.5 Å². The van der Waals surface area contributed by atoms with Gasteiger partial charge in [0.1, 0.15) is 11.6 Å². The molecule has 0 amide bonds. The lowest BCUT2D eigenvalue weighted by molar-refractivity contribution is -0.142. The van der Waals surface area contributed by atoms with Gasteiger partial charge in [0.05, 0.1) is 24.4 Å². The van der Waals surface area contributed by atoms with Crippen molar-refractivity contribution < 1.29 is 9.53 Å². The summed E-state index contributed by atoms with van der Waals surface area (Å²) in [5.74, 6) is -0.310. The van der Waals surface area contributed by atoms with E-state index in [9.17, 15) is 14.9 Å². The van der Waals surface area contributed by atoms with Crippen LogP contribution in [0.2, 0.25) is 0 Å². The number of fused-ring (bicyclic) bond motifs is 1. The molecule has 1 aromatic heterocycles. The third-order valence-electron chi connectivity index (χ3n) is 4.42. The number of carbonyl (C=O) groups excluding carboxylic acids is 1. The van der Waals surface area contributed by atoms with Gasteiger partial charge in [0.15, 0.2) is 0 Å². The smallest absolute Gasteiger partial charge is 0.309 e. The zero-order valence-corrected chi connectivity index (χ0v) is 14.8. The second-order valence-corrected chi connectivity index (χ2v) is 6.10. The Balaban J connectivity index is 2.12. The highest BCUT2D eigenvalue weighted by Crippen LogP contribution is 2.35. The maximum atomic E-state index is 12.8. The van der Waals surface area contributed by atoms with E-state index in [1.165, 1.54) is 4.68 Å². The summed E-state index contributed by atoms with van der Waals surface area (Å²) in [6.07, 6.45) is 1.43. The van der Waals surface area contributed by atoms with Crippen molar-refractivity contribution in [1.29, 1.82) is 5.26 Å². The maximum absolute atomic E-state index is 12.8. The molecule has 132 valence electrons. The van der Waals surface area contributed by atoms with E-state index in [1.54, 1.807) is 19.1 Å². The van der Waals surface area contributed by atoms with Gasteiger partial charge in [-0.25, -0.2) is 0 Å². The van der Waals surface area contributed by atoms with Gasteiger partial charge in [-0.1, -0.05) is 23.8 Å². The van der Waals surface area contributed by atoms with Crippen molar-refractivity contribution in [3.63, 3.8) is 0 Å². The zero-order chi connectivity index (χ0) is 18.7. The fourth-order valence-corrected chi connectivity index (χ4v) is 3.25. The van der Waals surface area contributed by atoms with Crippen molar-refractivity contribution in [2.45, 2.75) is 33.1 Å². The van der Waals surface area contributed by atoms with Gasteiger partial charge in [-0.2, -0.15) is 15.0 Å². The van der Waals surface area contributed by atoms with E-state index in [0.29, 0.717) is 36.4 Å². The van der Waals surface area contributed by atoms with Gasteiger partial charge in [0, 0.05) is 5.56 Å². The first-order valence-corrected chi connectivity index (χ1v) is 8.53. The van der Waals surface area contributed by atoms with Crippen molar-refractivity contribution in [1.82, 2.24) is 9.78 Å². The molecule has 1 aliphatic rings. The number of rotatable bonds is 4. The summed E-state index contributed by atoms with van der Waals surface area (Å²) in [7, 11) is 0. The van der Waals surface area contributed by atoms with E-state index < -0.39 is 5.56 Å². The molecule has 1 heterocycles. The first-order valence-electron chi connectivity index (χ1n) is 8.53. The summed E-state index contributed by atoms with van der Waals surface area (Å²) in [6, 6.07) is 11.1. The summed E-state index contributed by atoms with van der Waals surface area (Å²) in [5.41, 5.74) is 3.23. The minimum absolute atomic E-state index is 0.0783. The van der Waals surface area contributed by atoms with Crippen LogP contribution >= 0.6 is 0 Å². The molecule has 1 aliphatic carbocycles.